The van der Waals surface area contributed by atoms with E-state index in [1.807, 2.05) is 12.1 Å². The molecule has 0 spiro atoms. The van der Waals surface area contributed by atoms with Gasteiger partial charge in [0, 0.05) is 24.5 Å². The highest BCUT2D eigenvalue weighted by atomic mass is 35.5. The summed E-state index contributed by atoms with van der Waals surface area (Å²) >= 11 is 5.81. The van der Waals surface area contributed by atoms with Crippen LogP contribution in [0.3, 0.4) is 0 Å². The monoisotopic (exact) mass is 198 g/mol. The molecule has 0 radical (unpaired) electrons. The Kier molecular flexibility index (Phi) is 3.55. The minimum atomic E-state index is 0.489. The fourth-order valence-electron chi connectivity index (χ4n) is 1.42. The van der Waals surface area contributed by atoms with Gasteiger partial charge in [-0.25, -0.2) is 4.98 Å². The summed E-state index contributed by atoms with van der Waals surface area (Å²) < 4.78 is 0. The average Bonchev–Trinajstić information content (AvgIpc) is 2.04. The van der Waals surface area contributed by atoms with E-state index in [4.69, 9.17) is 11.6 Å². The van der Waals surface area contributed by atoms with Crippen LogP contribution in [0.15, 0.2) is 18.3 Å². The highest BCUT2D eigenvalue weighted by Gasteiger charge is 2.07. The van der Waals surface area contributed by atoms with Crippen LogP contribution in [0.2, 0.25) is 5.15 Å². The minimum Gasteiger partial charge on any atom is -0.369 e. The highest BCUT2D eigenvalue weighted by molar-refractivity contribution is 6.29. The lowest BCUT2D eigenvalue weighted by atomic mass is 10.2. The van der Waals surface area contributed by atoms with Gasteiger partial charge in [-0.05, 0) is 32.9 Å². The number of rotatable bonds is 3. The first kappa shape index (κ1) is 10.3. The standard InChI is InChI=1S/C10H15ClN2/c1-4-13(8(2)3)9-5-6-12-10(11)7-9/h5-8H,4H2,1-3H3. The van der Waals surface area contributed by atoms with Crippen molar-refractivity contribution in [3.05, 3.63) is 23.5 Å². The Balaban J connectivity index is 2.91. The van der Waals surface area contributed by atoms with Crippen LogP contribution >= 0.6 is 11.6 Å². The molecule has 0 saturated carbocycles. The molecular weight excluding hydrogens is 184 g/mol. The zero-order valence-electron chi connectivity index (χ0n) is 8.29. The van der Waals surface area contributed by atoms with Gasteiger partial charge < -0.3 is 4.90 Å². The summed E-state index contributed by atoms with van der Waals surface area (Å²) in [5.74, 6) is 0. The van der Waals surface area contributed by atoms with Gasteiger partial charge in [0.2, 0.25) is 0 Å². The lowest BCUT2D eigenvalue weighted by Crippen LogP contribution is -2.30. The number of hydrogen-bond donors (Lipinski definition) is 0. The number of anilines is 1. The number of aromatic nitrogens is 1. The van der Waals surface area contributed by atoms with Gasteiger partial charge in [-0.2, -0.15) is 0 Å². The maximum absolute atomic E-state index is 5.81. The molecule has 1 aromatic heterocycles. The third kappa shape index (κ3) is 2.59. The minimum absolute atomic E-state index is 0.489. The van der Waals surface area contributed by atoms with Crippen molar-refractivity contribution < 1.29 is 0 Å². The molecule has 72 valence electrons. The molecule has 0 fully saturated rings. The first-order chi connectivity index (χ1) is 6.15. The molecular formula is C10H15ClN2. The van der Waals surface area contributed by atoms with Crippen molar-refractivity contribution in [2.75, 3.05) is 11.4 Å². The Hall–Kier alpha value is -0.760. The third-order valence-corrected chi connectivity index (χ3v) is 2.21. The molecule has 0 bridgehead atoms. The van der Waals surface area contributed by atoms with Gasteiger partial charge in [-0.3, -0.25) is 0 Å². The second kappa shape index (κ2) is 4.47. The average molecular weight is 199 g/mol. The quantitative estimate of drug-likeness (QED) is 0.695. The number of nitrogens with zero attached hydrogens (tertiary/aromatic N) is 2. The Morgan fingerprint density at radius 2 is 2.23 bits per heavy atom. The molecule has 0 atom stereocenters. The summed E-state index contributed by atoms with van der Waals surface area (Å²) in [4.78, 5) is 6.23. The summed E-state index contributed by atoms with van der Waals surface area (Å²) in [6.45, 7) is 7.45. The van der Waals surface area contributed by atoms with E-state index in [1.54, 1.807) is 6.20 Å². The molecule has 0 aromatic carbocycles. The van der Waals surface area contributed by atoms with Gasteiger partial charge in [0.15, 0.2) is 0 Å². The van der Waals surface area contributed by atoms with Gasteiger partial charge in [-0.1, -0.05) is 11.6 Å². The second-order valence-electron chi connectivity index (χ2n) is 3.22. The van der Waals surface area contributed by atoms with Crippen LogP contribution in [0.4, 0.5) is 5.69 Å². The van der Waals surface area contributed by atoms with E-state index in [1.165, 1.54) is 0 Å². The first-order valence-corrected chi connectivity index (χ1v) is 4.91. The molecule has 0 saturated heterocycles. The second-order valence-corrected chi connectivity index (χ2v) is 3.60. The number of halogens is 1. The lowest BCUT2D eigenvalue weighted by molar-refractivity contribution is 0.703. The van der Waals surface area contributed by atoms with Crippen LogP contribution in [0.25, 0.3) is 0 Å². The lowest BCUT2D eigenvalue weighted by Gasteiger charge is -2.27. The van der Waals surface area contributed by atoms with E-state index < -0.39 is 0 Å². The first-order valence-electron chi connectivity index (χ1n) is 4.53. The van der Waals surface area contributed by atoms with Crippen LogP contribution in [0, 0.1) is 0 Å². The molecule has 3 heteroatoms. The van der Waals surface area contributed by atoms with Gasteiger partial charge in [0.05, 0.1) is 0 Å². The topological polar surface area (TPSA) is 16.1 Å². The fourth-order valence-corrected chi connectivity index (χ4v) is 1.58. The zero-order valence-corrected chi connectivity index (χ0v) is 9.04. The molecule has 0 amide bonds. The normalized spacial score (nSPS) is 10.5. The van der Waals surface area contributed by atoms with Crippen LogP contribution in [0.1, 0.15) is 20.8 Å². The molecule has 1 aromatic rings. The molecule has 1 heterocycles. The van der Waals surface area contributed by atoms with E-state index >= 15 is 0 Å². The van der Waals surface area contributed by atoms with Crippen LogP contribution < -0.4 is 4.90 Å². The van der Waals surface area contributed by atoms with E-state index in [-0.39, 0.29) is 0 Å². The molecule has 0 aliphatic heterocycles. The molecule has 0 unspecified atom stereocenters. The maximum Gasteiger partial charge on any atom is 0.131 e. The third-order valence-electron chi connectivity index (χ3n) is 2.01. The van der Waals surface area contributed by atoms with E-state index in [9.17, 15) is 0 Å². The fraction of sp³-hybridized carbons (Fsp3) is 0.500. The van der Waals surface area contributed by atoms with E-state index in [2.05, 4.69) is 30.7 Å². The Bertz CT molecular complexity index is 273. The maximum atomic E-state index is 5.81. The summed E-state index contributed by atoms with van der Waals surface area (Å²) in [5.41, 5.74) is 1.14. The van der Waals surface area contributed by atoms with Crippen LogP contribution in [0.5, 0.6) is 0 Å². The predicted molar refractivity (Wildman–Crippen MR) is 57.4 cm³/mol. The summed E-state index contributed by atoms with van der Waals surface area (Å²) in [6, 6.07) is 4.36. The summed E-state index contributed by atoms with van der Waals surface area (Å²) in [5, 5.41) is 0.552. The molecule has 1 rings (SSSR count). The van der Waals surface area contributed by atoms with Crippen molar-refractivity contribution in [1.29, 1.82) is 0 Å². The molecule has 2 nitrogen and oxygen atoms in total. The number of pyridine rings is 1. The highest BCUT2D eigenvalue weighted by Crippen LogP contribution is 2.18. The number of hydrogen-bond acceptors (Lipinski definition) is 2. The van der Waals surface area contributed by atoms with Crippen molar-refractivity contribution >= 4 is 17.3 Å². The van der Waals surface area contributed by atoms with Gasteiger partial charge >= 0.3 is 0 Å². The van der Waals surface area contributed by atoms with Crippen molar-refractivity contribution in [2.24, 2.45) is 0 Å². The van der Waals surface area contributed by atoms with Gasteiger partial charge in [-0.15, -0.1) is 0 Å². The van der Waals surface area contributed by atoms with Crippen LogP contribution in [-0.4, -0.2) is 17.6 Å². The van der Waals surface area contributed by atoms with E-state index in [0.717, 1.165) is 12.2 Å². The molecule has 0 aliphatic carbocycles. The van der Waals surface area contributed by atoms with Gasteiger partial charge in [0.1, 0.15) is 5.15 Å². The Labute approximate surface area is 84.5 Å². The van der Waals surface area contributed by atoms with Crippen molar-refractivity contribution in [1.82, 2.24) is 4.98 Å². The predicted octanol–water partition coefficient (Wildman–Crippen LogP) is 2.97. The van der Waals surface area contributed by atoms with Gasteiger partial charge in [0.25, 0.3) is 0 Å². The Morgan fingerprint density at radius 3 is 2.69 bits per heavy atom. The molecule has 0 aliphatic rings. The van der Waals surface area contributed by atoms with Crippen molar-refractivity contribution in [2.45, 2.75) is 26.8 Å². The van der Waals surface area contributed by atoms with E-state index in [0.29, 0.717) is 11.2 Å². The molecule has 13 heavy (non-hydrogen) atoms. The smallest absolute Gasteiger partial charge is 0.131 e. The van der Waals surface area contributed by atoms with Crippen LogP contribution in [-0.2, 0) is 0 Å². The summed E-state index contributed by atoms with van der Waals surface area (Å²) in [7, 11) is 0. The largest absolute Gasteiger partial charge is 0.369 e. The molecule has 0 N–H and O–H groups in total. The SMILES string of the molecule is CCN(c1ccnc(Cl)c1)C(C)C. The summed E-state index contributed by atoms with van der Waals surface area (Å²) in [6.07, 6.45) is 1.74. The van der Waals surface area contributed by atoms with Crippen molar-refractivity contribution in [3.63, 3.8) is 0 Å². The van der Waals surface area contributed by atoms with Crippen molar-refractivity contribution in [3.8, 4) is 0 Å². The zero-order chi connectivity index (χ0) is 9.84. The Morgan fingerprint density at radius 1 is 1.54 bits per heavy atom.